The van der Waals surface area contributed by atoms with Crippen molar-refractivity contribution in [3.8, 4) is 5.75 Å². The highest BCUT2D eigenvalue weighted by Gasteiger charge is 2.22. The Hall–Kier alpha value is -1.84. The van der Waals surface area contributed by atoms with Gasteiger partial charge in [0.15, 0.2) is 0 Å². The fourth-order valence-electron chi connectivity index (χ4n) is 3.15. The van der Waals surface area contributed by atoms with Gasteiger partial charge in [-0.1, -0.05) is 42.5 Å². The van der Waals surface area contributed by atoms with Crippen LogP contribution in [0.4, 0.5) is 0 Å². The molecule has 1 aliphatic rings. The standard InChI is InChI=1S/C18H22N2O/c21-18-8-4-7-17(13-18)15-20-11-9-19(10-12-20)14-16-5-2-1-3-6-16/h1-8,13,21H,9-12,14-15H2/p+2. The molecule has 0 aliphatic carbocycles. The lowest BCUT2D eigenvalue weighted by atomic mass is 10.1. The molecule has 1 aliphatic heterocycles. The van der Waals surface area contributed by atoms with Crippen molar-refractivity contribution in [2.24, 2.45) is 0 Å². The molecule has 0 amide bonds. The number of phenolic OH excluding ortho intramolecular Hbond substituents is 1. The molecule has 0 saturated carbocycles. The van der Waals surface area contributed by atoms with Crippen LogP contribution >= 0.6 is 0 Å². The predicted octanol–water partition coefficient (Wildman–Crippen LogP) is -0.124. The van der Waals surface area contributed by atoms with E-state index in [1.54, 1.807) is 15.9 Å². The van der Waals surface area contributed by atoms with Gasteiger partial charge < -0.3 is 14.9 Å². The van der Waals surface area contributed by atoms with Crippen LogP contribution in [0.2, 0.25) is 0 Å². The zero-order valence-electron chi connectivity index (χ0n) is 12.4. The van der Waals surface area contributed by atoms with Crippen molar-refractivity contribution in [2.45, 2.75) is 13.1 Å². The molecule has 3 heteroatoms. The Morgan fingerprint density at radius 1 is 0.714 bits per heavy atom. The van der Waals surface area contributed by atoms with Gasteiger partial charge in [-0.05, 0) is 12.1 Å². The van der Waals surface area contributed by atoms with Gasteiger partial charge in [0.25, 0.3) is 0 Å². The van der Waals surface area contributed by atoms with Gasteiger partial charge in [0.1, 0.15) is 45.0 Å². The van der Waals surface area contributed by atoms with Gasteiger partial charge in [0.05, 0.1) is 0 Å². The first kappa shape index (κ1) is 14.1. The summed E-state index contributed by atoms with van der Waals surface area (Å²) in [5.41, 5.74) is 2.67. The molecule has 110 valence electrons. The van der Waals surface area contributed by atoms with Gasteiger partial charge >= 0.3 is 0 Å². The Bertz CT molecular complexity index is 562. The average Bonchev–Trinajstić information content (AvgIpc) is 2.50. The van der Waals surface area contributed by atoms with Crippen molar-refractivity contribution in [1.82, 2.24) is 0 Å². The lowest BCUT2D eigenvalue weighted by Crippen LogP contribution is -3.27. The largest absolute Gasteiger partial charge is 0.508 e. The number of nitrogens with one attached hydrogen (secondary N) is 2. The van der Waals surface area contributed by atoms with Crippen molar-refractivity contribution in [1.29, 1.82) is 0 Å². The molecule has 21 heavy (non-hydrogen) atoms. The summed E-state index contributed by atoms with van der Waals surface area (Å²) < 4.78 is 0. The second kappa shape index (κ2) is 6.74. The summed E-state index contributed by atoms with van der Waals surface area (Å²) >= 11 is 0. The monoisotopic (exact) mass is 284 g/mol. The minimum absolute atomic E-state index is 0.375. The molecule has 2 aromatic rings. The maximum absolute atomic E-state index is 9.54. The number of rotatable bonds is 4. The molecule has 1 fully saturated rings. The van der Waals surface area contributed by atoms with E-state index in [1.807, 2.05) is 12.1 Å². The highest BCUT2D eigenvalue weighted by molar-refractivity contribution is 5.26. The Labute approximate surface area is 126 Å². The SMILES string of the molecule is Oc1cccc(C[NH+]2CC[NH+](Cc3ccccc3)CC2)c1. The summed E-state index contributed by atoms with van der Waals surface area (Å²) in [4.78, 5) is 3.30. The molecular formula is C18H24N2O+2. The topological polar surface area (TPSA) is 29.1 Å². The highest BCUT2D eigenvalue weighted by atomic mass is 16.3. The molecule has 0 unspecified atom stereocenters. The van der Waals surface area contributed by atoms with Crippen molar-refractivity contribution >= 4 is 0 Å². The Kier molecular flexibility index (Phi) is 4.53. The Morgan fingerprint density at radius 2 is 1.29 bits per heavy atom. The lowest BCUT2D eigenvalue weighted by molar-refractivity contribution is -1.02. The summed E-state index contributed by atoms with van der Waals surface area (Å²) in [6.45, 7) is 7.02. The molecule has 0 aromatic heterocycles. The molecule has 1 saturated heterocycles. The quantitative estimate of drug-likeness (QED) is 0.718. The van der Waals surface area contributed by atoms with Crippen molar-refractivity contribution in [3.63, 3.8) is 0 Å². The van der Waals surface area contributed by atoms with Crippen LogP contribution in [0.3, 0.4) is 0 Å². The molecule has 0 bridgehead atoms. The molecule has 1 heterocycles. The van der Waals surface area contributed by atoms with Crippen LogP contribution in [0.5, 0.6) is 5.75 Å². The van der Waals surface area contributed by atoms with Crippen LogP contribution in [0.15, 0.2) is 54.6 Å². The third kappa shape index (κ3) is 4.06. The summed E-state index contributed by atoms with van der Waals surface area (Å²) in [6.07, 6.45) is 0. The van der Waals surface area contributed by atoms with Crippen LogP contribution in [0.25, 0.3) is 0 Å². The number of quaternary nitrogens is 2. The number of hydrogen-bond donors (Lipinski definition) is 3. The summed E-state index contributed by atoms with van der Waals surface area (Å²) in [6, 6.07) is 18.4. The molecule has 3 rings (SSSR count). The normalized spacial score (nSPS) is 22.1. The second-order valence-electron chi connectivity index (χ2n) is 6.01. The fourth-order valence-corrected chi connectivity index (χ4v) is 3.15. The van der Waals surface area contributed by atoms with Crippen LogP contribution in [-0.4, -0.2) is 31.3 Å². The summed E-state index contributed by atoms with van der Waals surface area (Å²) in [7, 11) is 0. The van der Waals surface area contributed by atoms with Gasteiger partial charge in [-0.2, -0.15) is 0 Å². The van der Waals surface area contributed by atoms with E-state index in [0.29, 0.717) is 5.75 Å². The van der Waals surface area contributed by atoms with E-state index in [9.17, 15) is 5.11 Å². The average molecular weight is 284 g/mol. The Morgan fingerprint density at radius 3 is 1.90 bits per heavy atom. The van der Waals surface area contributed by atoms with Crippen LogP contribution in [0.1, 0.15) is 11.1 Å². The van der Waals surface area contributed by atoms with Gasteiger partial charge in [0.2, 0.25) is 0 Å². The van der Waals surface area contributed by atoms with E-state index in [2.05, 4.69) is 36.4 Å². The molecule has 3 nitrogen and oxygen atoms in total. The number of phenols is 1. The maximum Gasteiger partial charge on any atom is 0.127 e. The minimum Gasteiger partial charge on any atom is -0.508 e. The van der Waals surface area contributed by atoms with E-state index in [-0.39, 0.29) is 0 Å². The lowest BCUT2D eigenvalue weighted by Gasteiger charge is -2.29. The number of benzene rings is 2. The van der Waals surface area contributed by atoms with Crippen molar-refractivity contribution in [2.75, 3.05) is 26.2 Å². The summed E-state index contributed by atoms with van der Waals surface area (Å²) in [5.74, 6) is 0.375. The first-order chi connectivity index (χ1) is 10.3. The van der Waals surface area contributed by atoms with Crippen LogP contribution < -0.4 is 9.80 Å². The number of aromatic hydroxyl groups is 1. The predicted molar refractivity (Wildman–Crippen MR) is 83.4 cm³/mol. The van der Waals surface area contributed by atoms with Crippen LogP contribution in [-0.2, 0) is 13.1 Å². The van der Waals surface area contributed by atoms with E-state index >= 15 is 0 Å². The van der Waals surface area contributed by atoms with Gasteiger partial charge in [-0.25, -0.2) is 0 Å². The van der Waals surface area contributed by atoms with E-state index < -0.39 is 0 Å². The maximum atomic E-state index is 9.54. The van der Waals surface area contributed by atoms with Gasteiger partial charge in [0, 0.05) is 11.1 Å². The Balaban J connectivity index is 1.49. The van der Waals surface area contributed by atoms with Crippen molar-refractivity contribution < 1.29 is 14.9 Å². The number of piperazine rings is 1. The van der Waals surface area contributed by atoms with Crippen LogP contribution in [0, 0.1) is 0 Å². The molecule has 3 N–H and O–H groups in total. The first-order valence-corrected chi connectivity index (χ1v) is 7.78. The van der Waals surface area contributed by atoms with E-state index in [0.717, 1.165) is 13.1 Å². The molecule has 0 atom stereocenters. The minimum atomic E-state index is 0.375. The first-order valence-electron chi connectivity index (χ1n) is 7.78. The molecule has 0 radical (unpaired) electrons. The molecule has 2 aromatic carbocycles. The second-order valence-corrected chi connectivity index (χ2v) is 6.01. The highest BCUT2D eigenvalue weighted by Crippen LogP contribution is 2.09. The fraction of sp³-hybridized carbons (Fsp3) is 0.333. The third-order valence-corrected chi connectivity index (χ3v) is 4.33. The third-order valence-electron chi connectivity index (χ3n) is 4.33. The summed E-state index contributed by atoms with van der Waals surface area (Å²) in [5, 5.41) is 9.54. The smallest absolute Gasteiger partial charge is 0.127 e. The number of hydrogen-bond acceptors (Lipinski definition) is 1. The molecular weight excluding hydrogens is 260 g/mol. The van der Waals surface area contributed by atoms with E-state index in [1.165, 1.54) is 37.3 Å². The zero-order valence-corrected chi connectivity index (χ0v) is 12.4. The zero-order chi connectivity index (χ0) is 14.5. The van der Waals surface area contributed by atoms with Gasteiger partial charge in [-0.3, -0.25) is 0 Å². The van der Waals surface area contributed by atoms with Crippen molar-refractivity contribution in [3.05, 3.63) is 65.7 Å². The van der Waals surface area contributed by atoms with Gasteiger partial charge in [-0.15, -0.1) is 0 Å². The van der Waals surface area contributed by atoms with E-state index in [4.69, 9.17) is 0 Å². The molecule has 0 spiro atoms.